The Balaban J connectivity index is 2.00. The summed E-state index contributed by atoms with van der Waals surface area (Å²) in [4.78, 5) is 39.5. The Bertz CT molecular complexity index is 1160. The highest BCUT2D eigenvalue weighted by Gasteiger charge is 2.29. The molecule has 0 spiro atoms. The molecule has 2 aromatic carbocycles. The zero-order valence-corrected chi connectivity index (χ0v) is 21.9. The van der Waals surface area contributed by atoms with E-state index in [1.807, 2.05) is 0 Å². The monoisotopic (exact) mass is 541 g/mol. The van der Waals surface area contributed by atoms with Crippen molar-refractivity contribution >= 4 is 17.7 Å². The summed E-state index contributed by atoms with van der Waals surface area (Å²) in [5, 5.41) is 32.3. The number of rotatable bonds is 9. The van der Waals surface area contributed by atoms with E-state index in [0.717, 1.165) is 5.56 Å². The van der Waals surface area contributed by atoms with E-state index in [1.54, 1.807) is 24.3 Å². The van der Waals surface area contributed by atoms with Crippen LogP contribution in [-0.4, -0.2) is 78.8 Å². The second-order valence-electron chi connectivity index (χ2n) is 9.58. The molecule has 1 aliphatic heterocycles. The second kappa shape index (κ2) is 14.4. The standard InChI is InChI=1S/C27H39N7O5/c28-7-1-2-21-27(39)34-22(26(38)32-11-10-31-9-8-29)15-19-13-17(4-6-24(19)36)16-3-5-23(35)18(12-16)14-20(30)25(37)33-21/h3-6,12-13,20-22,31,35-36H,1-2,7-11,14-15,28-30H2,(H,32,38)(H,33,37)(H,34,39)/t20-,21-,22-/m0/s1. The lowest BCUT2D eigenvalue weighted by molar-refractivity contribution is -0.132. The van der Waals surface area contributed by atoms with Crippen LogP contribution in [0.5, 0.6) is 11.5 Å². The molecular weight excluding hydrogens is 502 g/mol. The number of amides is 3. The molecule has 12 N–H and O–H groups in total. The number of carbonyl (C=O) groups excluding carboxylic acids is 3. The number of carbonyl (C=O) groups is 3. The number of nitrogens with one attached hydrogen (secondary N) is 4. The second-order valence-corrected chi connectivity index (χ2v) is 9.58. The van der Waals surface area contributed by atoms with Gasteiger partial charge < -0.3 is 48.7 Å². The van der Waals surface area contributed by atoms with Gasteiger partial charge in [0.15, 0.2) is 0 Å². The number of benzene rings is 2. The summed E-state index contributed by atoms with van der Waals surface area (Å²) in [5.41, 5.74) is 19.6. The highest BCUT2D eigenvalue weighted by atomic mass is 16.3. The molecule has 2 aromatic rings. The molecule has 0 fully saturated rings. The van der Waals surface area contributed by atoms with Gasteiger partial charge >= 0.3 is 0 Å². The molecule has 4 bridgehead atoms. The fourth-order valence-electron chi connectivity index (χ4n) is 4.38. The van der Waals surface area contributed by atoms with Gasteiger partial charge in [0.25, 0.3) is 0 Å². The molecule has 3 amide bonds. The van der Waals surface area contributed by atoms with Crippen molar-refractivity contribution < 1.29 is 24.6 Å². The molecule has 1 aliphatic rings. The minimum absolute atomic E-state index is 0.00448. The third-order valence-electron chi connectivity index (χ3n) is 6.58. The van der Waals surface area contributed by atoms with Gasteiger partial charge in [-0.25, -0.2) is 0 Å². The quantitative estimate of drug-likeness (QED) is 0.170. The first kappa shape index (κ1) is 29.8. The third kappa shape index (κ3) is 8.39. The summed E-state index contributed by atoms with van der Waals surface area (Å²) in [7, 11) is 0. The van der Waals surface area contributed by atoms with Crippen molar-refractivity contribution in [3.63, 3.8) is 0 Å². The fraction of sp³-hybridized carbons (Fsp3) is 0.444. The zero-order valence-electron chi connectivity index (χ0n) is 21.9. The van der Waals surface area contributed by atoms with Gasteiger partial charge in [0.1, 0.15) is 23.6 Å². The van der Waals surface area contributed by atoms with E-state index in [9.17, 15) is 24.6 Å². The first-order valence-corrected chi connectivity index (χ1v) is 13.1. The maximum absolute atomic E-state index is 13.3. The highest BCUT2D eigenvalue weighted by molar-refractivity contribution is 5.93. The smallest absolute Gasteiger partial charge is 0.243 e. The minimum atomic E-state index is -1.04. The van der Waals surface area contributed by atoms with Gasteiger partial charge in [0.2, 0.25) is 17.7 Å². The zero-order chi connectivity index (χ0) is 28.4. The number of hydrogen-bond acceptors (Lipinski definition) is 9. The molecular formula is C27H39N7O5. The Morgan fingerprint density at radius 2 is 1.51 bits per heavy atom. The van der Waals surface area contributed by atoms with E-state index in [1.165, 1.54) is 12.1 Å². The predicted molar refractivity (Wildman–Crippen MR) is 148 cm³/mol. The van der Waals surface area contributed by atoms with Crippen LogP contribution < -0.4 is 38.5 Å². The van der Waals surface area contributed by atoms with Crippen LogP contribution in [0.2, 0.25) is 0 Å². The molecule has 0 unspecified atom stereocenters. The number of aromatic hydroxyl groups is 2. The van der Waals surface area contributed by atoms with Gasteiger partial charge in [-0.05, 0) is 65.9 Å². The van der Waals surface area contributed by atoms with Crippen molar-refractivity contribution in [1.29, 1.82) is 0 Å². The van der Waals surface area contributed by atoms with E-state index in [-0.39, 0.29) is 30.8 Å². The van der Waals surface area contributed by atoms with Crippen LogP contribution in [0.1, 0.15) is 24.0 Å². The number of fused-ring (bicyclic) bond motifs is 5. The van der Waals surface area contributed by atoms with Crippen molar-refractivity contribution in [3.8, 4) is 22.6 Å². The summed E-state index contributed by atoms with van der Waals surface area (Å²) in [5.74, 6) is -1.63. The van der Waals surface area contributed by atoms with E-state index < -0.39 is 35.8 Å². The summed E-state index contributed by atoms with van der Waals surface area (Å²) >= 11 is 0. The van der Waals surface area contributed by atoms with Gasteiger partial charge in [-0.2, -0.15) is 0 Å². The number of phenolic OH excluding ortho intramolecular Hbond substituents is 2. The predicted octanol–water partition coefficient (Wildman–Crippen LogP) is -1.44. The van der Waals surface area contributed by atoms with E-state index in [0.29, 0.717) is 55.8 Å². The number of hydrogen-bond donors (Lipinski definition) is 9. The first-order chi connectivity index (χ1) is 18.7. The molecule has 212 valence electrons. The van der Waals surface area contributed by atoms with Crippen LogP contribution in [0, 0.1) is 0 Å². The van der Waals surface area contributed by atoms with Gasteiger partial charge in [-0.1, -0.05) is 12.1 Å². The Morgan fingerprint density at radius 3 is 2.13 bits per heavy atom. The van der Waals surface area contributed by atoms with Crippen LogP contribution in [0.3, 0.4) is 0 Å². The maximum Gasteiger partial charge on any atom is 0.243 e. The van der Waals surface area contributed by atoms with E-state index >= 15 is 0 Å². The molecule has 0 aromatic heterocycles. The van der Waals surface area contributed by atoms with Gasteiger partial charge in [0, 0.05) is 39.0 Å². The molecule has 0 saturated carbocycles. The minimum Gasteiger partial charge on any atom is -0.508 e. The lowest BCUT2D eigenvalue weighted by Crippen LogP contribution is -2.56. The van der Waals surface area contributed by atoms with Crippen molar-refractivity contribution in [2.45, 2.75) is 43.8 Å². The molecule has 12 nitrogen and oxygen atoms in total. The maximum atomic E-state index is 13.3. The molecule has 3 rings (SSSR count). The largest absolute Gasteiger partial charge is 0.508 e. The Hall–Kier alpha value is -3.71. The summed E-state index contributed by atoms with van der Waals surface area (Å²) in [6.07, 6.45) is 0.711. The Labute approximate surface area is 227 Å². The van der Waals surface area contributed by atoms with Gasteiger partial charge in [0.05, 0.1) is 6.04 Å². The normalized spacial score (nSPS) is 19.8. The molecule has 12 heteroatoms. The lowest BCUT2D eigenvalue weighted by atomic mass is 9.95. The average molecular weight is 542 g/mol. The van der Waals surface area contributed by atoms with Crippen LogP contribution in [0.15, 0.2) is 36.4 Å². The SMILES string of the molecule is NCCC[C@@H]1NC(=O)[C@@H](N)Cc2cc(ccc2O)-c2ccc(O)c(c2)C[C@@H](C(=O)NCCNCCN)NC1=O. The topological polar surface area (TPSA) is 218 Å². The van der Waals surface area contributed by atoms with Crippen LogP contribution in [0.25, 0.3) is 11.1 Å². The lowest BCUT2D eigenvalue weighted by Gasteiger charge is -2.24. The van der Waals surface area contributed by atoms with Crippen molar-refractivity contribution in [2.24, 2.45) is 17.2 Å². The highest BCUT2D eigenvalue weighted by Crippen LogP contribution is 2.30. The van der Waals surface area contributed by atoms with Crippen molar-refractivity contribution in [3.05, 3.63) is 47.5 Å². The molecule has 0 radical (unpaired) electrons. The Morgan fingerprint density at radius 1 is 0.872 bits per heavy atom. The van der Waals surface area contributed by atoms with E-state index in [4.69, 9.17) is 17.2 Å². The van der Waals surface area contributed by atoms with Gasteiger partial charge in [-0.3, -0.25) is 14.4 Å². The molecule has 39 heavy (non-hydrogen) atoms. The van der Waals surface area contributed by atoms with Crippen LogP contribution in [0.4, 0.5) is 0 Å². The molecule has 0 aliphatic carbocycles. The molecule has 0 saturated heterocycles. The van der Waals surface area contributed by atoms with Crippen LogP contribution >= 0.6 is 0 Å². The summed E-state index contributed by atoms with van der Waals surface area (Å²) in [6.45, 7) is 2.15. The number of nitrogens with two attached hydrogens (primary N) is 3. The average Bonchev–Trinajstić information content (AvgIpc) is 2.92. The van der Waals surface area contributed by atoms with Crippen molar-refractivity contribution in [2.75, 3.05) is 32.7 Å². The Kier molecular flexibility index (Phi) is 11.1. The van der Waals surface area contributed by atoms with Crippen LogP contribution in [-0.2, 0) is 27.2 Å². The first-order valence-electron chi connectivity index (χ1n) is 13.1. The van der Waals surface area contributed by atoms with Gasteiger partial charge in [-0.15, -0.1) is 0 Å². The number of phenols is 2. The summed E-state index contributed by atoms with van der Waals surface area (Å²) < 4.78 is 0. The van der Waals surface area contributed by atoms with E-state index in [2.05, 4.69) is 21.3 Å². The fourth-order valence-corrected chi connectivity index (χ4v) is 4.38. The van der Waals surface area contributed by atoms with Crippen molar-refractivity contribution in [1.82, 2.24) is 21.3 Å². The molecule has 1 heterocycles. The molecule has 3 atom stereocenters. The third-order valence-corrected chi connectivity index (χ3v) is 6.58. The summed E-state index contributed by atoms with van der Waals surface area (Å²) in [6, 6.07) is 6.84.